The Morgan fingerprint density at radius 2 is 2.15 bits per heavy atom. The van der Waals surface area contributed by atoms with E-state index in [1.807, 2.05) is 17.9 Å². The molecule has 3 heteroatoms. The molecule has 0 bridgehead atoms. The summed E-state index contributed by atoms with van der Waals surface area (Å²) in [7, 11) is 1.93. The molecule has 0 N–H and O–H groups in total. The summed E-state index contributed by atoms with van der Waals surface area (Å²) >= 11 is 0. The number of Topliss-reactive ketones (excluding diaryl/α,β-unsaturated/α-hetero) is 1. The fourth-order valence-corrected chi connectivity index (χ4v) is 1.92. The van der Waals surface area contributed by atoms with Crippen LogP contribution < -0.4 is 0 Å². The summed E-state index contributed by atoms with van der Waals surface area (Å²) in [6.45, 7) is 0. The number of rotatable bonds is 1. The molecule has 0 aromatic carbocycles. The van der Waals surface area contributed by atoms with Gasteiger partial charge in [0.05, 0.1) is 6.20 Å². The first kappa shape index (κ1) is 8.48. The molecule has 70 valence electrons. The second-order valence-corrected chi connectivity index (χ2v) is 3.76. The maximum atomic E-state index is 11.0. The van der Waals surface area contributed by atoms with Crippen LogP contribution in [0.5, 0.6) is 0 Å². The van der Waals surface area contributed by atoms with Crippen LogP contribution in [0.15, 0.2) is 12.4 Å². The lowest BCUT2D eigenvalue weighted by Gasteiger charge is -2.19. The Balaban J connectivity index is 2.06. The second kappa shape index (κ2) is 3.32. The van der Waals surface area contributed by atoms with Gasteiger partial charge in [0.2, 0.25) is 0 Å². The molecule has 0 spiro atoms. The number of nitrogens with zero attached hydrogens (tertiary/aromatic N) is 2. The Morgan fingerprint density at radius 1 is 1.46 bits per heavy atom. The van der Waals surface area contributed by atoms with Crippen molar-refractivity contribution in [3.8, 4) is 0 Å². The molecular formula is C10H14N2O. The molecule has 1 saturated carbocycles. The number of hydrogen-bond donors (Lipinski definition) is 0. The van der Waals surface area contributed by atoms with Crippen molar-refractivity contribution in [2.24, 2.45) is 7.05 Å². The van der Waals surface area contributed by atoms with E-state index in [4.69, 9.17) is 0 Å². The number of ketones is 1. The quantitative estimate of drug-likeness (QED) is 0.655. The van der Waals surface area contributed by atoms with Crippen molar-refractivity contribution >= 4 is 5.78 Å². The summed E-state index contributed by atoms with van der Waals surface area (Å²) in [4.78, 5) is 11.0. The maximum Gasteiger partial charge on any atom is 0.132 e. The van der Waals surface area contributed by atoms with Crippen LogP contribution in [-0.2, 0) is 11.8 Å². The fourth-order valence-electron chi connectivity index (χ4n) is 1.92. The topological polar surface area (TPSA) is 34.9 Å². The van der Waals surface area contributed by atoms with Crippen molar-refractivity contribution in [1.82, 2.24) is 9.78 Å². The first-order valence-electron chi connectivity index (χ1n) is 4.76. The summed E-state index contributed by atoms with van der Waals surface area (Å²) in [5.74, 6) is 0.978. The van der Waals surface area contributed by atoms with E-state index in [0.29, 0.717) is 11.7 Å². The zero-order chi connectivity index (χ0) is 9.26. The third-order valence-corrected chi connectivity index (χ3v) is 2.74. The van der Waals surface area contributed by atoms with Gasteiger partial charge in [-0.25, -0.2) is 0 Å². The standard InChI is InChI=1S/C10H14N2O/c1-12-7-9(6-11-12)8-2-4-10(13)5-3-8/h6-8H,2-5H2,1H3. The zero-order valence-corrected chi connectivity index (χ0v) is 7.86. The first-order chi connectivity index (χ1) is 6.25. The van der Waals surface area contributed by atoms with Crippen LogP contribution >= 0.6 is 0 Å². The van der Waals surface area contributed by atoms with Gasteiger partial charge in [-0.15, -0.1) is 0 Å². The molecule has 1 aliphatic carbocycles. The van der Waals surface area contributed by atoms with E-state index in [2.05, 4.69) is 11.3 Å². The van der Waals surface area contributed by atoms with E-state index < -0.39 is 0 Å². The number of aryl methyl sites for hydroxylation is 1. The molecule has 0 unspecified atom stereocenters. The van der Waals surface area contributed by atoms with E-state index in [1.165, 1.54) is 5.56 Å². The predicted molar refractivity (Wildman–Crippen MR) is 49.4 cm³/mol. The molecule has 0 aliphatic heterocycles. The Hall–Kier alpha value is -1.12. The van der Waals surface area contributed by atoms with Gasteiger partial charge in [0.15, 0.2) is 0 Å². The average molecular weight is 178 g/mol. The maximum absolute atomic E-state index is 11.0. The molecule has 0 amide bonds. The molecule has 1 aromatic heterocycles. The van der Waals surface area contributed by atoms with E-state index in [1.54, 1.807) is 0 Å². The number of carbonyl (C=O) groups is 1. The molecule has 3 nitrogen and oxygen atoms in total. The van der Waals surface area contributed by atoms with Crippen LogP contribution in [0.1, 0.15) is 37.2 Å². The Bertz CT molecular complexity index is 306. The minimum atomic E-state index is 0.417. The normalized spacial score (nSPS) is 19.3. The molecule has 0 radical (unpaired) electrons. The van der Waals surface area contributed by atoms with E-state index in [9.17, 15) is 4.79 Å². The summed E-state index contributed by atoms with van der Waals surface area (Å²) in [6, 6.07) is 0. The molecule has 1 heterocycles. The zero-order valence-electron chi connectivity index (χ0n) is 7.86. The summed E-state index contributed by atoms with van der Waals surface area (Å²) in [6.07, 6.45) is 7.48. The lowest BCUT2D eigenvalue weighted by Crippen LogP contribution is -2.11. The minimum Gasteiger partial charge on any atom is -0.300 e. The average Bonchev–Trinajstić information content (AvgIpc) is 2.53. The lowest BCUT2D eigenvalue weighted by atomic mass is 9.85. The van der Waals surface area contributed by atoms with Gasteiger partial charge in [-0.05, 0) is 24.3 Å². The molecule has 13 heavy (non-hydrogen) atoms. The molecule has 2 rings (SSSR count). The van der Waals surface area contributed by atoms with Gasteiger partial charge in [0.1, 0.15) is 5.78 Å². The van der Waals surface area contributed by atoms with E-state index in [0.717, 1.165) is 25.7 Å². The summed E-state index contributed by atoms with van der Waals surface area (Å²) in [5, 5.41) is 4.14. The highest BCUT2D eigenvalue weighted by Gasteiger charge is 2.20. The molecule has 1 fully saturated rings. The van der Waals surface area contributed by atoms with Crippen LogP contribution in [0.4, 0.5) is 0 Å². The van der Waals surface area contributed by atoms with Gasteiger partial charge in [-0.1, -0.05) is 0 Å². The Kier molecular flexibility index (Phi) is 2.17. The van der Waals surface area contributed by atoms with Crippen LogP contribution in [-0.4, -0.2) is 15.6 Å². The monoisotopic (exact) mass is 178 g/mol. The highest BCUT2D eigenvalue weighted by Crippen LogP contribution is 2.30. The largest absolute Gasteiger partial charge is 0.300 e. The second-order valence-electron chi connectivity index (χ2n) is 3.76. The number of carbonyl (C=O) groups excluding carboxylic acids is 1. The van der Waals surface area contributed by atoms with E-state index in [-0.39, 0.29) is 0 Å². The van der Waals surface area contributed by atoms with Crippen molar-refractivity contribution in [3.05, 3.63) is 18.0 Å². The number of hydrogen-bond acceptors (Lipinski definition) is 2. The summed E-state index contributed by atoms with van der Waals surface area (Å²) < 4.78 is 1.83. The van der Waals surface area contributed by atoms with Crippen LogP contribution in [0.25, 0.3) is 0 Å². The van der Waals surface area contributed by atoms with Gasteiger partial charge in [0, 0.05) is 26.1 Å². The van der Waals surface area contributed by atoms with Crippen molar-refractivity contribution in [1.29, 1.82) is 0 Å². The van der Waals surface area contributed by atoms with Crippen LogP contribution in [0.3, 0.4) is 0 Å². The highest BCUT2D eigenvalue weighted by molar-refractivity contribution is 5.79. The first-order valence-corrected chi connectivity index (χ1v) is 4.76. The number of aromatic nitrogens is 2. The van der Waals surface area contributed by atoms with E-state index >= 15 is 0 Å². The van der Waals surface area contributed by atoms with Gasteiger partial charge < -0.3 is 0 Å². The Morgan fingerprint density at radius 3 is 2.69 bits per heavy atom. The van der Waals surface area contributed by atoms with Crippen LogP contribution in [0.2, 0.25) is 0 Å². The van der Waals surface area contributed by atoms with Crippen molar-refractivity contribution in [2.45, 2.75) is 31.6 Å². The van der Waals surface area contributed by atoms with Gasteiger partial charge >= 0.3 is 0 Å². The third kappa shape index (κ3) is 1.79. The molecule has 0 atom stereocenters. The Labute approximate surface area is 77.7 Å². The van der Waals surface area contributed by atoms with Gasteiger partial charge in [0.25, 0.3) is 0 Å². The molecule has 0 saturated heterocycles. The van der Waals surface area contributed by atoms with Crippen molar-refractivity contribution < 1.29 is 4.79 Å². The smallest absolute Gasteiger partial charge is 0.132 e. The van der Waals surface area contributed by atoms with Gasteiger partial charge in [-0.2, -0.15) is 5.10 Å². The lowest BCUT2D eigenvalue weighted by molar-refractivity contribution is -0.120. The highest BCUT2D eigenvalue weighted by atomic mass is 16.1. The third-order valence-electron chi connectivity index (χ3n) is 2.74. The molecule has 1 aliphatic rings. The molecule has 1 aromatic rings. The van der Waals surface area contributed by atoms with Gasteiger partial charge in [-0.3, -0.25) is 9.48 Å². The SMILES string of the molecule is Cn1cc(C2CCC(=O)CC2)cn1. The van der Waals surface area contributed by atoms with Crippen LogP contribution in [0, 0.1) is 0 Å². The molecular weight excluding hydrogens is 164 g/mol. The fraction of sp³-hybridized carbons (Fsp3) is 0.600. The van der Waals surface area contributed by atoms with Crippen molar-refractivity contribution in [2.75, 3.05) is 0 Å². The predicted octanol–water partition coefficient (Wildman–Crippen LogP) is 1.65. The minimum absolute atomic E-state index is 0.417. The summed E-state index contributed by atoms with van der Waals surface area (Å²) in [5.41, 5.74) is 1.29. The van der Waals surface area contributed by atoms with Crippen molar-refractivity contribution in [3.63, 3.8) is 0 Å².